The summed E-state index contributed by atoms with van der Waals surface area (Å²) in [5, 5.41) is 0.376. The largest absolute Gasteiger partial charge is 0.457 e. The average Bonchev–Trinajstić information content (AvgIpc) is 3.61. The van der Waals surface area contributed by atoms with Crippen molar-refractivity contribution in [2.24, 2.45) is 29.1 Å². The lowest BCUT2D eigenvalue weighted by atomic mass is 9.68. The molecule has 1 saturated carbocycles. The summed E-state index contributed by atoms with van der Waals surface area (Å²) in [4.78, 5) is 5.39. The molecule has 3 aromatic carbocycles. The van der Waals surface area contributed by atoms with E-state index >= 15 is 13.2 Å². The first-order valence-electron chi connectivity index (χ1n) is 24.2. The molecular formula is C58H64F3N3O. The Labute approximate surface area is 383 Å². The van der Waals surface area contributed by atoms with Gasteiger partial charge in [-0.2, -0.15) is 13.2 Å². The number of hydrogen-bond donors (Lipinski definition) is 0. The normalized spacial score (nSPS) is 27.3. The minimum atomic E-state index is -4.57. The van der Waals surface area contributed by atoms with Crippen LogP contribution in [-0.2, 0) is 34.3 Å². The summed E-state index contributed by atoms with van der Waals surface area (Å²) < 4.78 is 57.1. The van der Waals surface area contributed by atoms with Crippen LogP contribution in [0.4, 0.5) is 30.2 Å². The number of aromatic nitrogens is 1. The number of halogens is 3. The molecular weight excluding hydrogens is 812 g/mol. The van der Waals surface area contributed by atoms with Gasteiger partial charge in [0.05, 0.1) is 22.5 Å². The predicted octanol–water partition coefficient (Wildman–Crippen LogP) is 15.4. The highest BCUT2D eigenvalue weighted by molar-refractivity contribution is 6.03. The summed E-state index contributed by atoms with van der Waals surface area (Å²) in [6, 6.07) is 15.9. The van der Waals surface area contributed by atoms with Crippen LogP contribution in [0.3, 0.4) is 0 Å². The van der Waals surface area contributed by atoms with Crippen LogP contribution < -0.4 is 14.5 Å². The minimum Gasteiger partial charge on any atom is -0.457 e. The Hall–Kier alpha value is -4.91. The van der Waals surface area contributed by atoms with Gasteiger partial charge in [-0.05, 0) is 130 Å². The van der Waals surface area contributed by atoms with Crippen molar-refractivity contribution in [1.29, 1.82) is 0 Å². The van der Waals surface area contributed by atoms with E-state index in [9.17, 15) is 0 Å². The SMILES string of the molecule is CC1C=C2Oc3cc(C(F)(F)F)c4c5c(n6c4c3C3(C4CC=C(C(C)(C)C)C=C46)C4C2=C(C1)N1c2cc(C(C)(C)C)ccc2N(c2cc(C(C)(C)C)cc(C(C)(C)C)c2)C1C43)C=CCC5. The van der Waals surface area contributed by atoms with Crippen molar-refractivity contribution in [2.75, 3.05) is 9.80 Å². The molecule has 0 bridgehead atoms. The zero-order valence-electron chi connectivity index (χ0n) is 40.5. The molecule has 0 radical (unpaired) electrons. The molecule has 0 N–H and O–H groups in total. The third-order valence-corrected chi connectivity index (χ3v) is 16.7. The molecule has 4 aromatic rings. The first-order valence-corrected chi connectivity index (χ1v) is 24.2. The predicted molar refractivity (Wildman–Crippen MR) is 260 cm³/mol. The van der Waals surface area contributed by atoms with E-state index in [1.165, 1.54) is 56.7 Å². The Morgan fingerprint density at radius 1 is 0.769 bits per heavy atom. The van der Waals surface area contributed by atoms with Crippen molar-refractivity contribution in [3.8, 4) is 5.75 Å². The number of aryl methyl sites for hydroxylation is 1. The van der Waals surface area contributed by atoms with Crippen molar-refractivity contribution < 1.29 is 17.9 Å². The number of ether oxygens (including phenoxy) is 1. The fourth-order valence-electron chi connectivity index (χ4n) is 13.5. The van der Waals surface area contributed by atoms with Gasteiger partial charge in [-0.15, -0.1) is 0 Å². The molecule has 6 atom stereocenters. The van der Waals surface area contributed by atoms with Crippen LogP contribution >= 0.6 is 0 Å². The molecule has 12 rings (SSSR count). The van der Waals surface area contributed by atoms with Gasteiger partial charge in [0.15, 0.2) is 0 Å². The fraction of sp³-hybridized carbons (Fsp3) is 0.483. The van der Waals surface area contributed by atoms with Crippen molar-refractivity contribution in [2.45, 2.75) is 150 Å². The first kappa shape index (κ1) is 41.5. The van der Waals surface area contributed by atoms with Gasteiger partial charge in [-0.25, -0.2) is 0 Å². The molecule has 4 aliphatic heterocycles. The molecule has 0 amide bonds. The number of nitrogens with zero attached hydrogens (tertiary/aromatic N) is 3. The number of rotatable bonds is 1. The van der Waals surface area contributed by atoms with Crippen molar-refractivity contribution in [3.63, 3.8) is 0 Å². The van der Waals surface area contributed by atoms with Crippen LogP contribution in [0.15, 0.2) is 89.4 Å². The van der Waals surface area contributed by atoms with Gasteiger partial charge in [-0.1, -0.05) is 114 Å². The zero-order chi connectivity index (χ0) is 46.0. The van der Waals surface area contributed by atoms with E-state index in [1.807, 2.05) is 0 Å². The van der Waals surface area contributed by atoms with Gasteiger partial charge in [0.1, 0.15) is 17.7 Å². The monoisotopic (exact) mass is 876 g/mol. The third kappa shape index (κ3) is 5.44. The molecule has 5 heterocycles. The number of allylic oxidation sites excluding steroid dienone is 8. The lowest BCUT2D eigenvalue weighted by molar-refractivity contribution is -0.136. The Bertz CT molecular complexity index is 2960. The average molecular weight is 876 g/mol. The lowest BCUT2D eigenvalue weighted by Crippen LogP contribution is -2.48. The van der Waals surface area contributed by atoms with Crippen molar-refractivity contribution >= 4 is 39.7 Å². The van der Waals surface area contributed by atoms with Crippen LogP contribution in [0, 0.1) is 29.1 Å². The third-order valence-electron chi connectivity index (χ3n) is 16.7. The molecule has 8 aliphatic rings. The van der Waals surface area contributed by atoms with E-state index in [0.29, 0.717) is 17.6 Å². The van der Waals surface area contributed by atoms with Gasteiger partial charge in [0.25, 0.3) is 0 Å². The quantitative estimate of drug-likeness (QED) is 0.190. The van der Waals surface area contributed by atoms with Crippen LogP contribution in [0.25, 0.3) is 22.7 Å². The van der Waals surface area contributed by atoms with Gasteiger partial charge >= 0.3 is 6.18 Å². The minimum absolute atomic E-state index is 0.0133. The number of anilines is 3. The lowest BCUT2D eigenvalue weighted by Gasteiger charge is -2.44. The Kier molecular flexibility index (Phi) is 8.01. The Morgan fingerprint density at radius 2 is 1.46 bits per heavy atom. The maximum absolute atomic E-state index is 15.9. The van der Waals surface area contributed by atoms with E-state index in [2.05, 4.69) is 171 Å². The number of benzene rings is 3. The second-order valence-electron chi connectivity index (χ2n) is 24.9. The summed E-state index contributed by atoms with van der Waals surface area (Å²) >= 11 is 0. The Balaban J connectivity index is 1.22. The smallest absolute Gasteiger partial charge is 0.417 e. The van der Waals surface area contributed by atoms with E-state index in [1.54, 1.807) is 0 Å². The van der Waals surface area contributed by atoms with E-state index in [0.717, 1.165) is 53.1 Å². The van der Waals surface area contributed by atoms with Crippen molar-refractivity contribution in [3.05, 3.63) is 128 Å². The summed E-state index contributed by atoms with van der Waals surface area (Å²) in [7, 11) is 0. The summed E-state index contributed by atoms with van der Waals surface area (Å²) in [6.07, 6.45) is 9.58. The summed E-state index contributed by atoms with van der Waals surface area (Å²) in [5.41, 5.74) is 14.3. The molecule has 338 valence electrons. The fourth-order valence-corrected chi connectivity index (χ4v) is 13.5. The molecule has 65 heavy (non-hydrogen) atoms. The molecule has 1 fully saturated rings. The van der Waals surface area contributed by atoms with Gasteiger partial charge < -0.3 is 19.1 Å². The van der Waals surface area contributed by atoms with E-state index in [4.69, 9.17) is 4.74 Å². The highest BCUT2D eigenvalue weighted by atomic mass is 19.4. The highest BCUT2D eigenvalue weighted by Gasteiger charge is 2.81. The molecule has 1 spiro atoms. The van der Waals surface area contributed by atoms with E-state index in [-0.39, 0.29) is 51.5 Å². The summed E-state index contributed by atoms with van der Waals surface area (Å²) in [6.45, 7) is 29.8. The maximum atomic E-state index is 15.9. The molecule has 4 nitrogen and oxygen atoms in total. The van der Waals surface area contributed by atoms with E-state index < -0.39 is 17.2 Å². The standard InChI is InChI=1S/C58H64F3N3O/c1-30-22-43-47-44(23-30)65-45-29-38(58(59,60)61)46-36-16-14-15-17-39(36)63-41-27-31(53(2,3)4)18-20-37(41)57(48(45)51(46)63)49(47)50(57)52-62(40-21-19-32(54(5,6)7)28-42(40)64(43)52)35-25-33(55(8,9)10)24-34(26-35)56(11,12)13/h15,17-19,21,23-30,37,49-50,52H,14,16,20,22H2,1-13H3. The van der Waals surface area contributed by atoms with Crippen LogP contribution in [0.5, 0.6) is 5.75 Å². The van der Waals surface area contributed by atoms with Crippen LogP contribution in [0.2, 0.25) is 0 Å². The van der Waals surface area contributed by atoms with Gasteiger partial charge in [-0.3, -0.25) is 0 Å². The number of hydrogen-bond acceptors (Lipinski definition) is 3. The molecule has 0 saturated heterocycles. The van der Waals surface area contributed by atoms with Gasteiger partial charge in [0.2, 0.25) is 0 Å². The zero-order valence-corrected chi connectivity index (χ0v) is 40.5. The first-order chi connectivity index (χ1) is 30.3. The van der Waals surface area contributed by atoms with Crippen molar-refractivity contribution in [1.82, 2.24) is 4.57 Å². The Morgan fingerprint density at radius 3 is 2.11 bits per heavy atom. The molecule has 6 unspecified atom stereocenters. The molecule has 4 aliphatic carbocycles. The second-order valence-corrected chi connectivity index (χ2v) is 24.9. The van der Waals surface area contributed by atoms with Crippen LogP contribution in [-0.4, -0.2) is 10.7 Å². The number of fused-ring (bicyclic) bond motifs is 10. The number of alkyl halides is 3. The topological polar surface area (TPSA) is 20.6 Å². The van der Waals surface area contributed by atoms with Gasteiger partial charge in [0, 0.05) is 62.5 Å². The second kappa shape index (κ2) is 12.5. The molecule has 1 aromatic heterocycles. The summed E-state index contributed by atoms with van der Waals surface area (Å²) in [5.74, 6) is 1.37. The molecule has 7 heteroatoms. The maximum Gasteiger partial charge on any atom is 0.417 e. The highest BCUT2D eigenvalue weighted by Crippen LogP contribution is 2.81. The van der Waals surface area contributed by atoms with Crippen LogP contribution in [0.1, 0.15) is 148 Å².